The van der Waals surface area contributed by atoms with Crippen molar-refractivity contribution in [3.63, 3.8) is 0 Å². The zero-order chi connectivity index (χ0) is 23.5. The highest BCUT2D eigenvalue weighted by molar-refractivity contribution is 8.18. The number of hydrogen-bond acceptors (Lipinski definition) is 6. The number of hydrogen-bond donors (Lipinski definition) is 1. The first-order valence-corrected chi connectivity index (χ1v) is 11.7. The van der Waals surface area contributed by atoms with Crippen LogP contribution in [0.1, 0.15) is 41.8 Å². The van der Waals surface area contributed by atoms with Crippen LogP contribution >= 0.6 is 23.4 Å². The van der Waals surface area contributed by atoms with Gasteiger partial charge in [0.25, 0.3) is 11.1 Å². The number of benzene rings is 1. The van der Waals surface area contributed by atoms with Crippen molar-refractivity contribution in [1.82, 2.24) is 9.80 Å². The predicted octanol–water partition coefficient (Wildman–Crippen LogP) is 4.74. The third kappa shape index (κ3) is 5.15. The highest BCUT2D eigenvalue weighted by Gasteiger charge is 2.37. The lowest BCUT2D eigenvalue weighted by Crippen LogP contribution is -2.42. The molecule has 1 aromatic heterocycles. The normalized spacial score (nSPS) is 18.2. The number of carboxylic acids is 1. The Labute approximate surface area is 199 Å². The number of carbonyl (C=O) groups excluding carboxylic acids is 3. The molecule has 0 bridgehead atoms. The summed E-state index contributed by atoms with van der Waals surface area (Å²) >= 11 is 6.93. The van der Waals surface area contributed by atoms with Crippen LogP contribution in [0.4, 0.5) is 4.79 Å². The van der Waals surface area contributed by atoms with Crippen molar-refractivity contribution in [2.24, 2.45) is 0 Å². The summed E-state index contributed by atoms with van der Waals surface area (Å²) in [5.74, 6) is -1.25. The summed E-state index contributed by atoms with van der Waals surface area (Å²) in [6, 6.07) is 7.45. The molecule has 4 rings (SSSR count). The van der Waals surface area contributed by atoms with Gasteiger partial charge in [0.1, 0.15) is 18.1 Å². The smallest absolute Gasteiger partial charge is 0.335 e. The summed E-state index contributed by atoms with van der Waals surface area (Å²) < 4.78 is 5.73. The minimum Gasteiger partial charge on any atom is -0.478 e. The van der Waals surface area contributed by atoms with Crippen LogP contribution in [0.3, 0.4) is 0 Å². The quantitative estimate of drug-likeness (QED) is 0.605. The molecule has 0 saturated carbocycles. The highest BCUT2D eigenvalue weighted by Crippen LogP contribution is 2.35. The Balaban J connectivity index is 1.49. The minimum atomic E-state index is -1.09. The Bertz CT molecular complexity index is 1150. The van der Waals surface area contributed by atoms with Crippen molar-refractivity contribution < 1.29 is 28.7 Å². The number of rotatable bonds is 5. The second kappa shape index (κ2) is 9.84. The Morgan fingerprint density at radius 1 is 1.09 bits per heavy atom. The highest BCUT2D eigenvalue weighted by atomic mass is 35.5. The molecule has 3 amide bonds. The molecule has 2 aliphatic rings. The molecule has 3 heterocycles. The van der Waals surface area contributed by atoms with Crippen LogP contribution in [0.5, 0.6) is 0 Å². The van der Waals surface area contributed by atoms with Gasteiger partial charge < -0.3 is 14.4 Å². The lowest BCUT2D eigenvalue weighted by Gasteiger charge is -2.22. The molecule has 10 heteroatoms. The van der Waals surface area contributed by atoms with Gasteiger partial charge in [-0.2, -0.15) is 0 Å². The molecule has 2 fully saturated rings. The first-order valence-electron chi connectivity index (χ1n) is 10.5. The molecule has 2 saturated heterocycles. The van der Waals surface area contributed by atoms with Gasteiger partial charge in [-0.1, -0.05) is 24.4 Å². The molecule has 1 aromatic carbocycles. The van der Waals surface area contributed by atoms with E-state index in [0.29, 0.717) is 35.2 Å². The van der Waals surface area contributed by atoms with Crippen molar-refractivity contribution >= 4 is 52.5 Å². The second-order valence-corrected chi connectivity index (χ2v) is 9.17. The van der Waals surface area contributed by atoms with Gasteiger partial charge in [-0.15, -0.1) is 0 Å². The van der Waals surface area contributed by atoms with Crippen molar-refractivity contribution in [1.29, 1.82) is 0 Å². The number of carbonyl (C=O) groups is 4. The summed E-state index contributed by atoms with van der Waals surface area (Å²) in [7, 11) is 0. The molecule has 0 unspecified atom stereocenters. The van der Waals surface area contributed by atoms with E-state index in [1.54, 1.807) is 17.0 Å². The van der Waals surface area contributed by atoms with E-state index in [4.69, 9.17) is 16.0 Å². The van der Waals surface area contributed by atoms with Gasteiger partial charge in [0.05, 0.1) is 15.5 Å². The van der Waals surface area contributed by atoms with Crippen molar-refractivity contribution in [2.75, 3.05) is 19.6 Å². The molecule has 0 spiro atoms. The van der Waals surface area contributed by atoms with E-state index in [2.05, 4.69) is 0 Å². The number of nitrogens with zero attached hydrogens (tertiary/aromatic N) is 2. The number of furan rings is 1. The van der Waals surface area contributed by atoms with Crippen LogP contribution in [0.2, 0.25) is 5.02 Å². The lowest BCUT2D eigenvalue weighted by molar-refractivity contribution is -0.135. The van der Waals surface area contributed by atoms with E-state index in [1.807, 2.05) is 0 Å². The number of aromatic carboxylic acids is 1. The van der Waals surface area contributed by atoms with Gasteiger partial charge in [-0.25, -0.2) is 4.79 Å². The minimum absolute atomic E-state index is 0.0579. The van der Waals surface area contributed by atoms with Gasteiger partial charge in [0.2, 0.25) is 5.91 Å². The fourth-order valence-electron chi connectivity index (χ4n) is 3.74. The van der Waals surface area contributed by atoms with Crippen LogP contribution in [0, 0.1) is 0 Å². The summed E-state index contributed by atoms with van der Waals surface area (Å²) in [6.45, 7) is 1.01. The topological polar surface area (TPSA) is 108 Å². The maximum atomic E-state index is 12.8. The zero-order valence-electron chi connectivity index (χ0n) is 17.6. The molecule has 0 aliphatic carbocycles. The number of imide groups is 1. The first kappa shape index (κ1) is 23.1. The molecule has 1 N–H and O–H groups in total. The third-order valence-electron chi connectivity index (χ3n) is 5.50. The number of carboxylic acid groups (broad SMARTS) is 1. The van der Waals surface area contributed by atoms with E-state index in [0.717, 1.165) is 42.3 Å². The summed E-state index contributed by atoms with van der Waals surface area (Å²) in [4.78, 5) is 51.8. The van der Waals surface area contributed by atoms with Crippen LogP contribution < -0.4 is 0 Å². The molecule has 33 heavy (non-hydrogen) atoms. The van der Waals surface area contributed by atoms with Gasteiger partial charge in [0, 0.05) is 24.7 Å². The molecule has 0 atom stereocenters. The van der Waals surface area contributed by atoms with E-state index < -0.39 is 17.1 Å². The molecule has 8 nitrogen and oxygen atoms in total. The van der Waals surface area contributed by atoms with E-state index in [9.17, 15) is 24.3 Å². The Hall–Kier alpha value is -3.04. The first-order chi connectivity index (χ1) is 15.8. The maximum absolute atomic E-state index is 12.8. The molecular formula is C23H21ClN2O6S. The largest absolute Gasteiger partial charge is 0.478 e. The van der Waals surface area contributed by atoms with Gasteiger partial charge in [-0.3, -0.25) is 19.3 Å². The summed E-state index contributed by atoms with van der Waals surface area (Å²) in [5.41, 5.74) is 0.454. The molecule has 0 radical (unpaired) electrons. The summed E-state index contributed by atoms with van der Waals surface area (Å²) in [5, 5.41) is 9.01. The molecule has 172 valence electrons. The molecule has 2 aliphatic heterocycles. The summed E-state index contributed by atoms with van der Waals surface area (Å²) in [6.07, 6.45) is 5.43. The van der Waals surface area contributed by atoms with Gasteiger partial charge >= 0.3 is 5.97 Å². The third-order valence-corrected chi connectivity index (χ3v) is 6.74. The van der Waals surface area contributed by atoms with Crippen LogP contribution in [0.15, 0.2) is 39.7 Å². The Morgan fingerprint density at radius 3 is 2.52 bits per heavy atom. The number of amides is 3. The van der Waals surface area contributed by atoms with Crippen LogP contribution in [0.25, 0.3) is 17.4 Å². The zero-order valence-corrected chi connectivity index (χ0v) is 19.2. The predicted molar refractivity (Wildman–Crippen MR) is 124 cm³/mol. The standard InChI is InChI=1S/C23H21ClN2O6S/c24-17-7-5-14(22(29)30)11-16(17)18-8-6-15(32-18)12-19-21(28)26(23(31)33-19)13-20(27)25-9-3-1-2-4-10-25/h5-8,11-12H,1-4,9-10,13H2,(H,29,30). The average Bonchev–Trinajstić information content (AvgIpc) is 3.21. The number of likely N-dealkylation sites (tertiary alicyclic amines) is 1. The lowest BCUT2D eigenvalue weighted by atomic mass is 10.1. The average molecular weight is 489 g/mol. The number of thioether (sulfide) groups is 1. The molecule has 2 aromatic rings. The van der Waals surface area contributed by atoms with Crippen molar-refractivity contribution in [3.8, 4) is 11.3 Å². The van der Waals surface area contributed by atoms with E-state index >= 15 is 0 Å². The Morgan fingerprint density at radius 2 is 1.82 bits per heavy atom. The van der Waals surface area contributed by atoms with Crippen LogP contribution in [-0.2, 0) is 9.59 Å². The molecular weight excluding hydrogens is 468 g/mol. The SMILES string of the molecule is O=C(O)c1ccc(Cl)c(-c2ccc(C=C3SC(=O)N(CC(=O)N4CCCCCC4)C3=O)o2)c1. The monoisotopic (exact) mass is 488 g/mol. The maximum Gasteiger partial charge on any atom is 0.335 e. The van der Waals surface area contributed by atoms with E-state index in [1.165, 1.54) is 24.3 Å². The van der Waals surface area contributed by atoms with Gasteiger partial charge in [-0.05, 0) is 54.9 Å². The van der Waals surface area contributed by atoms with Crippen LogP contribution in [-0.4, -0.2) is 57.6 Å². The van der Waals surface area contributed by atoms with Gasteiger partial charge in [0.15, 0.2) is 0 Å². The fourth-order valence-corrected chi connectivity index (χ4v) is 4.77. The Kier molecular flexibility index (Phi) is 6.90. The fraction of sp³-hybridized carbons (Fsp3) is 0.304. The van der Waals surface area contributed by atoms with E-state index in [-0.39, 0.29) is 22.9 Å². The number of halogens is 1. The van der Waals surface area contributed by atoms with Crippen molar-refractivity contribution in [3.05, 3.63) is 51.6 Å². The van der Waals surface area contributed by atoms with Crippen molar-refractivity contribution in [2.45, 2.75) is 25.7 Å². The second-order valence-electron chi connectivity index (χ2n) is 7.76.